The zero-order valence-electron chi connectivity index (χ0n) is 16.7. The van der Waals surface area contributed by atoms with Gasteiger partial charge >= 0.3 is 6.09 Å². The topological polar surface area (TPSA) is 38.8 Å². The molecule has 1 heterocycles. The van der Waals surface area contributed by atoms with Gasteiger partial charge in [0.15, 0.2) is 0 Å². The van der Waals surface area contributed by atoms with Gasteiger partial charge in [0.05, 0.1) is 6.61 Å². The van der Waals surface area contributed by atoms with Crippen molar-refractivity contribution in [1.82, 2.24) is 4.90 Å². The molecule has 2 rings (SSSR count). The van der Waals surface area contributed by atoms with E-state index in [-0.39, 0.29) is 6.09 Å². The van der Waals surface area contributed by atoms with E-state index in [0.29, 0.717) is 11.8 Å². The highest BCUT2D eigenvalue weighted by molar-refractivity contribution is 9.10. The number of hydrogen-bond donors (Lipinski definition) is 0. The minimum absolute atomic E-state index is 0.183. The van der Waals surface area contributed by atoms with Crippen LogP contribution in [-0.4, -0.2) is 36.3 Å². The van der Waals surface area contributed by atoms with Crippen molar-refractivity contribution in [3.05, 3.63) is 28.2 Å². The molecule has 1 aromatic rings. The third-order valence-corrected chi connectivity index (χ3v) is 5.86. The van der Waals surface area contributed by atoms with Crippen molar-refractivity contribution < 1.29 is 14.3 Å². The molecule has 0 aromatic heterocycles. The molecule has 0 radical (unpaired) electrons. The lowest BCUT2D eigenvalue weighted by atomic mass is 9.84. The van der Waals surface area contributed by atoms with Crippen molar-refractivity contribution in [3.63, 3.8) is 0 Å². The van der Waals surface area contributed by atoms with Gasteiger partial charge in [-0.1, -0.05) is 22.9 Å². The third kappa shape index (κ3) is 6.49. The number of amides is 1. The van der Waals surface area contributed by atoms with E-state index in [9.17, 15) is 4.79 Å². The number of piperidine rings is 1. The van der Waals surface area contributed by atoms with Crippen molar-refractivity contribution in [2.75, 3.05) is 19.7 Å². The number of nitrogens with zero attached hydrogens (tertiary/aromatic N) is 1. The van der Waals surface area contributed by atoms with Crippen LogP contribution in [-0.2, 0) is 4.74 Å². The Labute approximate surface area is 166 Å². The second kappa shape index (κ2) is 9.12. The van der Waals surface area contributed by atoms with Crippen LogP contribution in [0.15, 0.2) is 22.7 Å². The first kappa shape index (κ1) is 21.1. The molecule has 1 atom stereocenters. The summed E-state index contributed by atoms with van der Waals surface area (Å²) in [5.41, 5.74) is 0.759. The molecule has 4 nitrogen and oxygen atoms in total. The van der Waals surface area contributed by atoms with Crippen LogP contribution in [0.4, 0.5) is 4.79 Å². The number of hydrogen-bond acceptors (Lipinski definition) is 3. The molecule has 0 spiro atoms. The molecule has 0 N–H and O–H groups in total. The fourth-order valence-electron chi connectivity index (χ4n) is 3.28. The molecule has 1 amide bonds. The molecule has 1 saturated heterocycles. The molecule has 1 aromatic carbocycles. The van der Waals surface area contributed by atoms with Crippen molar-refractivity contribution >= 4 is 22.0 Å². The van der Waals surface area contributed by atoms with E-state index in [2.05, 4.69) is 35.8 Å². The maximum Gasteiger partial charge on any atom is 0.410 e. The number of benzene rings is 1. The Hall–Kier alpha value is -1.23. The van der Waals surface area contributed by atoms with Gasteiger partial charge in [-0.05, 0) is 82.6 Å². The molecule has 1 fully saturated rings. The Kier molecular flexibility index (Phi) is 7.39. The maximum absolute atomic E-state index is 12.2. The van der Waals surface area contributed by atoms with Gasteiger partial charge in [0.1, 0.15) is 11.4 Å². The van der Waals surface area contributed by atoms with E-state index in [4.69, 9.17) is 9.47 Å². The quantitative estimate of drug-likeness (QED) is 0.597. The summed E-state index contributed by atoms with van der Waals surface area (Å²) in [4.78, 5) is 14.0. The van der Waals surface area contributed by atoms with Crippen LogP contribution in [0.2, 0.25) is 0 Å². The van der Waals surface area contributed by atoms with Gasteiger partial charge in [-0.25, -0.2) is 4.79 Å². The van der Waals surface area contributed by atoms with Crippen LogP contribution < -0.4 is 4.74 Å². The van der Waals surface area contributed by atoms with E-state index >= 15 is 0 Å². The highest BCUT2D eigenvalue weighted by Crippen LogP contribution is 2.28. The van der Waals surface area contributed by atoms with E-state index in [1.807, 2.05) is 37.8 Å². The van der Waals surface area contributed by atoms with Gasteiger partial charge in [-0.2, -0.15) is 0 Å². The Morgan fingerprint density at radius 3 is 2.54 bits per heavy atom. The average molecular weight is 426 g/mol. The van der Waals surface area contributed by atoms with Crippen LogP contribution >= 0.6 is 15.9 Å². The number of rotatable bonds is 5. The maximum atomic E-state index is 12.2. The summed E-state index contributed by atoms with van der Waals surface area (Å²) in [5, 5.41) is 0. The highest BCUT2D eigenvalue weighted by atomic mass is 79.9. The molecule has 26 heavy (non-hydrogen) atoms. The minimum atomic E-state index is -0.427. The highest BCUT2D eigenvalue weighted by Gasteiger charge is 2.29. The minimum Gasteiger partial charge on any atom is -0.494 e. The molecular weight excluding hydrogens is 394 g/mol. The van der Waals surface area contributed by atoms with Crippen LogP contribution in [0.1, 0.15) is 52.5 Å². The van der Waals surface area contributed by atoms with Crippen molar-refractivity contribution in [1.29, 1.82) is 0 Å². The second-order valence-electron chi connectivity index (χ2n) is 8.33. The van der Waals surface area contributed by atoms with Crippen molar-refractivity contribution in [2.45, 2.75) is 59.5 Å². The number of ether oxygens (including phenoxy) is 2. The second-order valence-corrected chi connectivity index (χ2v) is 9.18. The van der Waals surface area contributed by atoms with Gasteiger partial charge in [0, 0.05) is 17.6 Å². The lowest BCUT2D eigenvalue weighted by Gasteiger charge is -2.35. The van der Waals surface area contributed by atoms with E-state index in [1.165, 1.54) is 5.56 Å². The van der Waals surface area contributed by atoms with Crippen LogP contribution in [0.25, 0.3) is 0 Å². The Balaban J connectivity index is 1.71. The molecular formula is C21H32BrNO3. The zero-order chi connectivity index (χ0) is 19.3. The van der Waals surface area contributed by atoms with E-state index in [0.717, 1.165) is 49.2 Å². The Morgan fingerprint density at radius 1 is 1.31 bits per heavy atom. The number of likely N-dealkylation sites (tertiary alicyclic amines) is 1. The van der Waals surface area contributed by atoms with Gasteiger partial charge in [0.2, 0.25) is 0 Å². The molecule has 1 aliphatic heterocycles. The first-order valence-corrected chi connectivity index (χ1v) is 10.3. The Bertz CT molecular complexity index is 604. The summed E-state index contributed by atoms with van der Waals surface area (Å²) in [6.07, 6.45) is 2.93. The van der Waals surface area contributed by atoms with Crippen molar-refractivity contribution in [3.8, 4) is 5.75 Å². The zero-order valence-corrected chi connectivity index (χ0v) is 18.3. The first-order valence-electron chi connectivity index (χ1n) is 9.52. The molecule has 0 bridgehead atoms. The van der Waals surface area contributed by atoms with Crippen LogP contribution in [0.5, 0.6) is 5.75 Å². The fourth-order valence-corrected chi connectivity index (χ4v) is 3.53. The molecule has 5 heteroatoms. The lowest BCUT2D eigenvalue weighted by molar-refractivity contribution is 0.0158. The van der Waals surface area contributed by atoms with Gasteiger partial charge < -0.3 is 14.4 Å². The largest absolute Gasteiger partial charge is 0.494 e. The summed E-state index contributed by atoms with van der Waals surface area (Å²) in [6, 6.07) is 6.09. The number of halogens is 1. The summed E-state index contributed by atoms with van der Waals surface area (Å²) in [6.45, 7) is 12.4. The first-order chi connectivity index (χ1) is 12.2. The van der Waals surface area contributed by atoms with E-state index in [1.54, 1.807) is 0 Å². The Morgan fingerprint density at radius 2 is 1.96 bits per heavy atom. The summed E-state index contributed by atoms with van der Waals surface area (Å²) in [5.74, 6) is 2.16. The number of carbonyl (C=O) groups is 1. The number of aryl methyl sites for hydroxylation is 1. The van der Waals surface area contributed by atoms with Gasteiger partial charge in [-0.15, -0.1) is 0 Å². The normalized spacial score (nSPS) is 17.1. The predicted molar refractivity (Wildman–Crippen MR) is 109 cm³/mol. The SMILES string of the molecule is Cc1cc(OCCC(C)C2CCN(C(=O)OC(C)(C)C)CC2)ccc1Br. The smallest absolute Gasteiger partial charge is 0.410 e. The summed E-state index contributed by atoms with van der Waals surface area (Å²) in [7, 11) is 0. The molecule has 1 unspecified atom stereocenters. The molecule has 0 aliphatic carbocycles. The standard InChI is InChI=1S/C21H32BrNO3/c1-15(10-13-25-18-6-7-19(22)16(2)14-18)17-8-11-23(12-9-17)20(24)26-21(3,4)5/h6-7,14-15,17H,8-13H2,1-5H3. The fraction of sp³-hybridized carbons (Fsp3) is 0.667. The average Bonchev–Trinajstić information content (AvgIpc) is 2.56. The summed E-state index contributed by atoms with van der Waals surface area (Å²) >= 11 is 3.51. The van der Waals surface area contributed by atoms with Gasteiger partial charge in [-0.3, -0.25) is 0 Å². The lowest BCUT2D eigenvalue weighted by Crippen LogP contribution is -2.42. The molecule has 0 saturated carbocycles. The molecule has 146 valence electrons. The van der Waals surface area contributed by atoms with Crippen molar-refractivity contribution in [2.24, 2.45) is 11.8 Å². The summed E-state index contributed by atoms with van der Waals surface area (Å²) < 4.78 is 12.5. The van der Waals surface area contributed by atoms with E-state index < -0.39 is 5.60 Å². The number of carbonyl (C=O) groups excluding carboxylic acids is 1. The van der Waals surface area contributed by atoms with Crippen LogP contribution in [0, 0.1) is 18.8 Å². The predicted octanol–water partition coefficient (Wildman–Crippen LogP) is 5.81. The monoisotopic (exact) mass is 425 g/mol. The van der Waals surface area contributed by atoms with Gasteiger partial charge in [0.25, 0.3) is 0 Å². The third-order valence-electron chi connectivity index (χ3n) is 4.97. The molecule has 1 aliphatic rings. The van der Waals surface area contributed by atoms with Crippen LogP contribution in [0.3, 0.4) is 0 Å².